The molecule has 1 aromatic rings. The van der Waals surface area contributed by atoms with E-state index in [2.05, 4.69) is 0 Å². The van der Waals surface area contributed by atoms with Gasteiger partial charge in [-0.3, -0.25) is 4.79 Å². The Labute approximate surface area is 99.4 Å². The molecular weight excluding hydrogens is 257 g/mol. The lowest BCUT2D eigenvalue weighted by molar-refractivity contribution is -0.141. The number of thiophene rings is 1. The first-order chi connectivity index (χ1) is 7.85. The Balaban J connectivity index is 2.84. The zero-order valence-corrected chi connectivity index (χ0v) is 9.51. The molecule has 0 aliphatic carbocycles. The molecule has 0 aliphatic heterocycles. The van der Waals surface area contributed by atoms with Gasteiger partial charge in [-0.2, -0.15) is 13.2 Å². The number of aliphatic hydroxyl groups is 1. The molecule has 1 amide bonds. The van der Waals surface area contributed by atoms with Crippen LogP contribution in [0.25, 0.3) is 0 Å². The van der Waals surface area contributed by atoms with Crippen LogP contribution in [0.5, 0.6) is 0 Å². The standard InChI is InChI=1S/C9H11F3N2O2S/c10-9(11,12)5-14(2-3-15)8(16)7-6(13)1-4-17-7/h1,4,15H,2-3,5,13H2. The molecule has 0 atom stereocenters. The normalized spacial score (nSPS) is 11.5. The number of nitrogens with zero attached hydrogens (tertiary/aromatic N) is 1. The SMILES string of the molecule is Nc1ccsc1C(=O)N(CCO)CC(F)(F)F. The van der Waals surface area contributed by atoms with Gasteiger partial charge in [0.05, 0.1) is 12.3 Å². The topological polar surface area (TPSA) is 66.6 Å². The molecule has 0 radical (unpaired) electrons. The van der Waals surface area contributed by atoms with Crippen molar-refractivity contribution in [2.45, 2.75) is 6.18 Å². The van der Waals surface area contributed by atoms with Gasteiger partial charge in [-0.25, -0.2) is 0 Å². The lowest BCUT2D eigenvalue weighted by Crippen LogP contribution is -2.40. The van der Waals surface area contributed by atoms with E-state index in [0.29, 0.717) is 4.90 Å². The number of alkyl halides is 3. The van der Waals surface area contributed by atoms with E-state index in [1.165, 1.54) is 11.4 Å². The summed E-state index contributed by atoms with van der Waals surface area (Å²) in [4.78, 5) is 12.3. The van der Waals surface area contributed by atoms with E-state index in [1.807, 2.05) is 0 Å². The van der Waals surface area contributed by atoms with Crippen molar-refractivity contribution in [3.05, 3.63) is 16.3 Å². The first kappa shape index (κ1) is 13.8. The Morgan fingerprint density at radius 2 is 2.18 bits per heavy atom. The molecule has 0 unspecified atom stereocenters. The number of anilines is 1. The van der Waals surface area contributed by atoms with Gasteiger partial charge in [0.25, 0.3) is 5.91 Å². The lowest BCUT2D eigenvalue weighted by atomic mass is 10.3. The molecule has 1 rings (SSSR count). The minimum absolute atomic E-state index is 0.0581. The van der Waals surface area contributed by atoms with E-state index in [1.54, 1.807) is 0 Å². The minimum atomic E-state index is -4.50. The maximum absolute atomic E-state index is 12.2. The molecule has 0 saturated heterocycles. The highest BCUT2D eigenvalue weighted by Gasteiger charge is 2.33. The number of rotatable bonds is 4. The van der Waals surface area contributed by atoms with E-state index in [-0.39, 0.29) is 17.1 Å². The largest absolute Gasteiger partial charge is 0.406 e. The van der Waals surface area contributed by atoms with Gasteiger partial charge in [0.1, 0.15) is 11.4 Å². The van der Waals surface area contributed by atoms with Crippen molar-refractivity contribution in [2.24, 2.45) is 0 Å². The van der Waals surface area contributed by atoms with Gasteiger partial charge in [0.2, 0.25) is 0 Å². The summed E-state index contributed by atoms with van der Waals surface area (Å²) in [5, 5.41) is 10.2. The van der Waals surface area contributed by atoms with Crippen LogP contribution in [-0.2, 0) is 0 Å². The van der Waals surface area contributed by atoms with Crippen LogP contribution in [0.2, 0.25) is 0 Å². The van der Waals surface area contributed by atoms with Crippen LogP contribution in [-0.4, -0.2) is 41.8 Å². The second-order valence-electron chi connectivity index (χ2n) is 3.27. The van der Waals surface area contributed by atoms with Crippen LogP contribution < -0.4 is 5.73 Å². The highest BCUT2D eigenvalue weighted by atomic mass is 32.1. The van der Waals surface area contributed by atoms with Crippen molar-refractivity contribution in [3.63, 3.8) is 0 Å². The zero-order chi connectivity index (χ0) is 13.1. The molecule has 96 valence electrons. The Hall–Kier alpha value is -1.28. The van der Waals surface area contributed by atoms with Gasteiger partial charge >= 0.3 is 6.18 Å². The molecule has 1 aromatic heterocycles. The van der Waals surface area contributed by atoms with Gasteiger partial charge in [-0.15, -0.1) is 11.3 Å². The molecule has 0 aromatic carbocycles. The number of carbonyl (C=O) groups is 1. The van der Waals surface area contributed by atoms with Crippen molar-refractivity contribution in [1.82, 2.24) is 4.90 Å². The van der Waals surface area contributed by atoms with Gasteiger partial charge in [-0.05, 0) is 11.4 Å². The fourth-order valence-corrected chi connectivity index (χ4v) is 2.01. The number of carbonyl (C=O) groups excluding carboxylic acids is 1. The van der Waals surface area contributed by atoms with Crippen LogP contribution in [0.3, 0.4) is 0 Å². The number of hydrogen-bond acceptors (Lipinski definition) is 4. The Morgan fingerprint density at radius 1 is 1.53 bits per heavy atom. The Morgan fingerprint density at radius 3 is 2.59 bits per heavy atom. The highest BCUT2D eigenvalue weighted by molar-refractivity contribution is 7.12. The molecule has 0 bridgehead atoms. The average molecular weight is 268 g/mol. The second-order valence-corrected chi connectivity index (χ2v) is 4.19. The number of nitrogens with two attached hydrogens (primary N) is 1. The van der Waals surface area contributed by atoms with Crippen molar-refractivity contribution in [2.75, 3.05) is 25.4 Å². The number of amides is 1. The molecule has 0 spiro atoms. The van der Waals surface area contributed by atoms with Gasteiger partial charge in [0.15, 0.2) is 0 Å². The number of hydrogen-bond donors (Lipinski definition) is 2. The number of nitrogen functional groups attached to an aromatic ring is 1. The molecular formula is C9H11F3N2O2S. The number of aliphatic hydroxyl groups excluding tert-OH is 1. The van der Waals surface area contributed by atoms with E-state index in [9.17, 15) is 18.0 Å². The van der Waals surface area contributed by atoms with Gasteiger partial charge in [-0.1, -0.05) is 0 Å². The lowest BCUT2D eigenvalue weighted by Gasteiger charge is -2.22. The van der Waals surface area contributed by atoms with Crippen LogP contribution in [0.15, 0.2) is 11.4 Å². The summed E-state index contributed by atoms with van der Waals surface area (Å²) in [5.41, 5.74) is 5.60. The fourth-order valence-electron chi connectivity index (χ4n) is 1.23. The third-order valence-electron chi connectivity index (χ3n) is 1.92. The van der Waals surface area contributed by atoms with Crippen LogP contribution in [0.1, 0.15) is 9.67 Å². The molecule has 3 N–H and O–H groups in total. The summed E-state index contributed by atoms with van der Waals surface area (Å²) in [7, 11) is 0. The number of halogens is 3. The van der Waals surface area contributed by atoms with E-state index in [0.717, 1.165) is 11.3 Å². The second kappa shape index (κ2) is 5.37. The Bertz CT molecular complexity index is 392. The summed E-state index contributed by atoms with van der Waals surface area (Å²) in [6, 6.07) is 1.45. The Kier molecular flexibility index (Phi) is 4.35. The molecule has 17 heavy (non-hydrogen) atoms. The molecule has 4 nitrogen and oxygen atoms in total. The maximum atomic E-state index is 12.2. The molecule has 0 fully saturated rings. The summed E-state index contributed by atoms with van der Waals surface area (Å²) in [6.45, 7) is -2.31. The van der Waals surface area contributed by atoms with E-state index >= 15 is 0 Å². The molecule has 0 saturated carbocycles. The molecule has 1 heterocycles. The van der Waals surface area contributed by atoms with Crippen LogP contribution in [0, 0.1) is 0 Å². The quantitative estimate of drug-likeness (QED) is 0.865. The zero-order valence-electron chi connectivity index (χ0n) is 8.70. The fraction of sp³-hybridized carbons (Fsp3) is 0.444. The summed E-state index contributed by atoms with van der Waals surface area (Å²) in [5.74, 6) is -0.816. The smallest absolute Gasteiger partial charge is 0.397 e. The van der Waals surface area contributed by atoms with Crippen LogP contribution >= 0.6 is 11.3 Å². The predicted octanol–water partition coefficient (Wildman–Crippen LogP) is 1.33. The van der Waals surface area contributed by atoms with Crippen molar-refractivity contribution in [1.29, 1.82) is 0 Å². The van der Waals surface area contributed by atoms with Crippen molar-refractivity contribution >= 4 is 22.9 Å². The average Bonchev–Trinajstić information content (AvgIpc) is 2.61. The third-order valence-corrected chi connectivity index (χ3v) is 2.84. The van der Waals surface area contributed by atoms with Gasteiger partial charge in [0, 0.05) is 6.54 Å². The third kappa shape index (κ3) is 3.90. The van der Waals surface area contributed by atoms with Crippen LogP contribution in [0.4, 0.5) is 18.9 Å². The summed E-state index contributed by atoms with van der Waals surface area (Å²) < 4.78 is 36.7. The van der Waals surface area contributed by atoms with Crippen molar-refractivity contribution < 1.29 is 23.1 Å². The monoisotopic (exact) mass is 268 g/mol. The summed E-state index contributed by atoms with van der Waals surface area (Å²) >= 11 is 0.973. The molecule has 8 heteroatoms. The first-order valence-corrected chi connectivity index (χ1v) is 5.53. The van der Waals surface area contributed by atoms with E-state index in [4.69, 9.17) is 10.8 Å². The maximum Gasteiger partial charge on any atom is 0.406 e. The first-order valence-electron chi connectivity index (χ1n) is 4.65. The predicted molar refractivity (Wildman–Crippen MR) is 57.8 cm³/mol. The van der Waals surface area contributed by atoms with Gasteiger partial charge < -0.3 is 15.7 Å². The van der Waals surface area contributed by atoms with Crippen molar-refractivity contribution in [3.8, 4) is 0 Å². The molecule has 0 aliphatic rings. The highest BCUT2D eigenvalue weighted by Crippen LogP contribution is 2.23. The van der Waals surface area contributed by atoms with E-state index < -0.39 is 25.2 Å². The minimum Gasteiger partial charge on any atom is -0.397 e. The summed E-state index contributed by atoms with van der Waals surface area (Å²) in [6.07, 6.45) is -4.50.